The van der Waals surface area contributed by atoms with Crippen LogP contribution in [0, 0.1) is 6.92 Å². The summed E-state index contributed by atoms with van der Waals surface area (Å²) in [6.07, 6.45) is 0. The van der Waals surface area contributed by atoms with E-state index in [0.29, 0.717) is 17.8 Å². The zero-order chi connectivity index (χ0) is 22.5. The van der Waals surface area contributed by atoms with Gasteiger partial charge in [-0.1, -0.05) is 18.2 Å². The molecule has 4 rings (SSSR count). The number of anilines is 2. The molecule has 1 aromatic heterocycles. The third-order valence-corrected chi connectivity index (χ3v) is 5.61. The van der Waals surface area contributed by atoms with E-state index in [2.05, 4.69) is 15.2 Å². The van der Waals surface area contributed by atoms with Crippen molar-refractivity contribution in [2.75, 3.05) is 49.6 Å². The molecule has 1 aliphatic heterocycles. The van der Waals surface area contributed by atoms with Crippen LogP contribution in [0.4, 0.5) is 11.4 Å². The fourth-order valence-electron chi connectivity index (χ4n) is 3.93. The summed E-state index contributed by atoms with van der Waals surface area (Å²) in [5, 5.41) is 3.70. The number of carbonyl (C=O) groups excluding carboxylic acids is 2. The average Bonchev–Trinajstić information content (AvgIpc) is 2.82. The molecule has 2 aromatic carbocycles. The van der Waals surface area contributed by atoms with Gasteiger partial charge in [-0.3, -0.25) is 14.6 Å². The molecule has 2 amide bonds. The normalized spacial score (nSPS) is 13.8. The van der Waals surface area contributed by atoms with E-state index in [0.717, 1.165) is 48.6 Å². The van der Waals surface area contributed by atoms with Crippen molar-refractivity contribution in [1.29, 1.82) is 0 Å². The van der Waals surface area contributed by atoms with E-state index in [9.17, 15) is 9.59 Å². The number of hydrogen-bond donors (Lipinski definition) is 1. The van der Waals surface area contributed by atoms with E-state index < -0.39 is 0 Å². The second-order valence-electron chi connectivity index (χ2n) is 7.84. The molecule has 7 heteroatoms. The van der Waals surface area contributed by atoms with Gasteiger partial charge in [-0.05, 0) is 50.2 Å². The summed E-state index contributed by atoms with van der Waals surface area (Å²) < 4.78 is 5.39. The van der Waals surface area contributed by atoms with Crippen molar-refractivity contribution >= 4 is 34.1 Å². The highest BCUT2D eigenvalue weighted by Crippen LogP contribution is 2.21. The van der Waals surface area contributed by atoms with Gasteiger partial charge in [0.15, 0.2) is 0 Å². The van der Waals surface area contributed by atoms with E-state index in [4.69, 9.17) is 4.74 Å². The second kappa shape index (κ2) is 9.78. The molecule has 0 atom stereocenters. The number of benzene rings is 2. The van der Waals surface area contributed by atoms with Gasteiger partial charge in [-0.2, -0.15) is 0 Å². The number of carbonyl (C=O) groups is 2. The van der Waals surface area contributed by atoms with Gasteiger partial charge >= 0.3 is 0 Å². The average molecular weight is 433 g/mol. The Labute approximate surface area is 188 Å². The lowest BCUT2D eigenvalue weighted by Crippen LogP contribution is -2.38. The van der Waals surface area contributed by atoms with Crippen LogP contribution in [0.15, 0.2) is 54.6 Å². The van der Waals surface area contributed by atoms with Crippen molar-refractivity contribution < 1.29 is 14.3 Å². The minimum Gasteiger partial charge on any atom is -0.378 e. The molecule has 0 spiro atoms. The molecule has 1 N–H and O–H groups in total. The first kappa shape index (κ1) is 21.8. The summed E-state index contributed by atoms with van der Waals surface area (Å²) in [6, 6.07) is 17.1. The number of fused-ring (bicyclic) bond motifs is 1. The number of likely N-dealkylation sites (N-methyl/N-ethyl adjacent to an activating group) is 1. The third kappa shape index (κ3) is 4.89. The van der Waals surface area contributed by atoms with Crippen LogP contribution >= 0.6 is 0 Å². The molecule has 7 nitrogen and oxygen atoms in total. The summed E-state index contributed by atoms with van der Waals surface area (Å²) in [5.41, 5.74) is 3.93. The molecule has 32 heavy (non-hydrogen) atoms. The number of rotatable bonds is 6. The van der Waals surface area contributed by atoms with Crippen LogP contribution in [0.2, 0.25) is 0 Å². The van der Waals surface area contributed by atoms with Crippen LogP contribution < -0.4 is 10.2 Å². The van der Waals surface area contributed by atoms with Crippen molar-refractivity contribution in [2.45, 2.75) is 13.8 Å². The molecule has 0 bridgehead atoms. The molecular weight excluding hydrogens is 404 g/mol. The number of para-hydroxylation sites is 1. The smallest absolute Gasteiger partial charge is 0.255 e. The van der Waals surface area contributed by atoms with Crippen molar-refractivity contribution in [1.82, 2.24) is 9.88 Å². The Bertz CT molecular complexity index is 1110. The number of pyridine rings is 1. The highest BCUT2D eigenvalue weighted by Gasteiger charge is 2.20. The molecule has 0 aliphatic carbocycles. The number of amides is 2. The zero-order valence-electron chi connectivity index (χ0n) is 18.5. The maximum Gasteiger partial charge on any atom is 0.255 e. The zero-order valence-corrected chi connectivity index (χ0v) is 18.5. The van der Waals surface area contributed by atoms with Gasteiger partial charge in [0, 0.05) is 42.1 Å². The molecule has 1 saturated heterocycles. The number of hydrogen-bond acceptors (Lipinski definition) is 5. The van der Waals surface area contributed by atoms with Gasteiger partial charge in [-0.15, -0.1) is 0 Å². The summed E-state index contributed by atoms with van der Waals surface area (Å²) in [5.74, 6) is -0.401. The summed E-state index contributed by atoms with van der Waals surface area (Å²) in [6.45, 7) is 7.34. The lowest BCUT2D eigenvalue weighted by atomic mass is 10.1. The fourth-order valence-corrected chi connectivity index (χ4v) is 3.93. The summed E-state index contributed by atoms with van der Waals surface area (Å²) in [7, 11) is 0. The lowest BCUT2D eigenvalue weighted by Gasteiger charge is -2.29. The van der Waals surface area contributed by atoms with E-state index in [-0.39, 0.29) is 18.4 Å². The van der Waals surface area contributed by atoms with Crippen LogP contribution in [-0.2, 0) is 9.53 Å². The highest BCUT2D eigenvalue weighted by molar-refractivity contribution is 6.07. The molecule has 2 heterocycles. The lowest BCUT2D eigenvalue weighted by molar-refractivity contribution is -0.116. The van der Waals surface area contributed by atoms with Crippen molar-refractivity contribution in [3.8, 4) is 0 Å². The van der Waals surface area contributed by atoms with Gasteiger partial charge in [0.2, 0.25) is 5.91 Å². The third-order valence-electron chi connectivity index (χ3n) is 5.61. The van der Waals surface area contributed by atoms with Crippen LogP contribution in [0.3, 0.4) is 0 Å². The largest absolute Gasteiger partial charge is 0.378 e. The molecular formula is C25H28N4O3. The van der Waals surface area contributed by atoms with E-state index in [1.54, 1.807) is 11.0 Å². The summed E-state index contributed by atoms with van der Waals surface area (Å²) >= 11 is 0. The van der Waals surface area contributed by atoms with Crippen LogP contribution in [0.5, 0.6) is 0 Å². The highest BCUT2D eigenvalue weighted by atomic mass is 16.5. The molecule has 1 aliphatic rings. The number of aryl methyl sites for hydroxylation is 1. The number of aromatic nitrogens is 1. The van der Waals surface area contributed by atoms with Crippen molar-refractivity contribution in [3.05, 3.63) is 65.9 Å². The first-order valence-corrected chi connectivity index (χ1v) is 10.9. The quantitative estimate of drug-likeness (QED) is 0.646. The standard InChI is InChI=1S/C25H28N4O3/c1-3-28(25(31)22-16-18(2)26-23-7-5-4-6-21(22)23)17-24(30)27-19-8-10-20(11-9-19)29-12-14-32-15-13-29/h4-11,16H,3,12-15,17H2,1-2H3,(H,27,30). The Morgan fingerprint density at radius 1 is 1.09 bits per heavy atom. The molecule has 0 saturated carbocycles. The maximum atomic E-state index is 13.3. The topological polar surface area (TPSA) is 74.8 Å². The molecule has 166 valence electrons. The molecule has 1 fully saturated rings. The minimum absolute atomic E-state index is 0.0176. The minimum atomic E-state index is -0.227. The second-order valence-corrected chi connectivity index (χ2v) is 7.84. The van der Waals surface area contributed by atoms with Gasteiger partial charge in [0.25, 0.3) is 5.91 Å². The Morgan fingerprint density at radius 3 is 2.53 bits per heavy atom. The van der Waals surface area contributed by atoms with E-state index >= 15 is 0 Å². The maximum absolute atomic E-state index is 13.3. The van der Waals surface area contributed by atoms with E-state index in [1.165, 1.54) is 0 Å². The molecule has 0 unspecified atom stereocenters. The number of morpholine rings is 1. The van der Waals surface area contributed by atoms with Gasteiger partial charge in [-0.25, -0.2) is 0 Å². The Kier molecular flexibility index (Phi) is 6.66. The van der Waals surface area contributed by atoms with Gasteiger partial charge < -0.3 is 19.9 Å². The number of ether oxygens (including phenoxy) is 1. The van der Waals surface area contributed by atoms with Crippen molar-refractivity contribution in [3.63, 3.8) is 0 Å². The predicted octanol–water partition coefficient (Wildman–Crippen LogP) is 3.48. The summed E-state index contributed by atoms with van der Waals surface area (Å²) in [4.78, 5) is 34.3. The first-order chi connectivity index (χ1) is 15.5. The Hall–Kier alpha value is -3.45. The van der Waals surface area contributed by atoms with Crippen LogP contribution in [-0.4, -0.2) is 61.1 Å². The molecule has 0 radical (unpaired) electrons. The Morgan fingerprint density at radius 2 is 1.81 bits per heavy atom. The first-order valence-electron chi connectivity index (χ1n) is 10.9. The predicted molar refractivity (Wildman–Crippen MR) is 126 cm³/mol. The van der Waals surface area contributed by atoms with E-state index in [1.807, 2.05) is 62.4 Å². The van der Waals surface area contributed by atoms with Crippen LogP contribution in [0.25, 0.3) is 10.9 Å². The van der Waals surface area contributed by atoms with Gasteiger partial charge in [0.05, 0.1) is 24.3 Å². The number of nitrogens with zero attached hydrogens (tertiary/aromatic N) is 3. The molecule has 3 aromatic rings. The fraction of sp³-hybridized carbons (Fsp3) is 0.320. The monoisotopic (exact) mass is 432 g/mol. The van der Waals surface area contributed by atoms with Crippen molar-refractivity contribution in [2.24, 2.45) is 0 Å². The Balaban J connectivity index is 1.43. The SMILES string of the molecule is CCN(CC(=O)Nc1ccc(N2CCOCC2)cc1)C(=O)c1cc(C)nc2ccccc12. The van der Waals surface area contributed by atoms with Crippen LogP contribution in [0.1, 0.15) is 23.0 Å². The number of nitrogens with one attached hydrogen (secondary N) is 1. The van der Waals surface area contributed by atoms with Gasteiger partial charge in [0.1, 0.15) is 6.54 Å².